The van der Waals surface area contributed by atoms with E-state index in [1.54, 1.807) is 0 Å². The fourth-order valence-electron chi connectivity index (χ4n) is 1.37. The van der Waals surface area contributed by atoms with Crippen molar-refractivity contribution in [3.05, 3.63) is 46.3 Å². The lowest BCUT2D eigenvalue weighted by Gasteiger charge is -2.36. The number of hydrogen-bond acceptors (Lipinski definition) is 2. The summed E-state index contributed by atoms with van der Waals surface area (Å²) in [4.78, 5) is 2.70. The molecular weight excluding hydrogens is 266 g/mol. The van der Waals surface area contributed by atoms with E-state index in [1.165, 1.54) is 0 Å². The van der Waals surface area contributed by atoms with Gasteiger partial charge in [-0.3, -0.25) is 0 Å². The van der Waals surface area contributed by atoms with Gasteiger partial charge in [0.2, 0.25) is 8.32 Å². The van der Waals surface area contributed by atoms with Gasteiger partial charge in [0.1, 0.15) is 5.75 Å². The highest BCUT2D eigenvalue weighted by molar-refractivity contribution is 6.74. The first-order valence-corrected chi connectivity index (χ1v) is 9.63. The Labute approximate surface area is 122 Å². The summed E-state index contributed by atoms with van der Waals surface area (Å²) in [5.41, 5.74) is 9.26. The van der Waals surface area contributed by atoms with Crippen molar-refractivity contribution in [1.29, 1.82) is 0 Å². The highest BCUT2D eigenvalue weighted by Gasteiger charge is 2.38. The smallest absolute Gasteiger partial charge is 0.250 e. The van der Waals surface area contributed by atoms with Gasteiger partial charge in [0.15, 0.2) is 0 Å². The Morgan fingerprint density at radius 1 is 1.25 bits per heavy atom. The van der Waals surface area contributed by atoms with Gasteiger partial charge < -0.3 is 4.43 Å². The average molecular weight is 289 g/mol. The van der Waals surface area contributed by atoms with Gasteiger partial charge in [0.25, 0.3) is 0 Å². The lowest BCUT2D eigenvalue weighted by molar-refractivity contribution is 0.492. The zero-order chi connectivity index (χ0) is 15.2. The Bertz CT molecular complexity index is 509. The molecule has 0 atom stereocenters. The SMILES string of the molecule is CC(C)(C)[Si](C)(C)Oc1ccc(/C=C/CN=[N+]=[N-])cc1. The van der Waals surface area contributed by atoms with Crippen LogP contribution in [-0.4, -0.2) is 14.9 Å². The molecule has 0 heterocycles. The summed E-state index contributed by atoms with van der Waals surface area (Å²) < 4.78 is 6.21. The summed E-state index contributed by atoms with van der Waals surface area (Å²) in [6.07, 6.45) is 3.77. The van der Waals surface area contributed by atoms with Crippen molar-refractivity contribution < 1.29 is 4.43 Å². The van der Waals surface area contributed by atoms with Crippen LogP contribution in [0.3, 0.4) is 0 Å². The van der Waals surface area contributed by atoms with Crippen molar-refractivity contribution in [2.75, 3.05) is 6.54 Å². The molecule has 0 saturated carbocycles. The van der Waals surface area contributed by atoms with E-state index in [9.17, 15) is 0 Å². The molecule has 0 saturated heterocycles. The van der Waals surface area contributed by atoms with Crippen molar-refractivity contribution in [2.45, 2.75) is 38.9 Å². The molecule has 0 radical (unpaired) electrons. The molecule has 0 fully saturated rings. The van der Waals surface area contributed by atoms with E-state index in [4.69, 9.17) is 9.96 Å². The van der Waals surface area contributed by atoms with Gasteiger partial charge >= 0.3 is 0 Å². The van der Waals surface area contributed by atoms with Gasteiger partial charge in [-0.1, -0.05) is 50.2 Å². The van der Waals surface area contributed by atoms with E-state index in [2.05, 4.69) is 43.9 Å². The highest BCUT2D eigenvalue weighted by Crippen LogP contribution is 2.37. The van der Waals surface area contributed by atoms with E-state index < -0.39 is 8.32 Å². The molecule has 0 unspecified atom stereocenters. The maximum Gasteiger partial charge on any atom is 0.250 e. The average Bonchev–Trinajstić information content (AvgIpc) is 2.35. The summed E-state index contributed by atoms with van der Waals surface area (Å²) in [6.45, 7) is 11.5. The summed E-state index contributed by atoms with van der Waals surface area (Å²) in [7, 11) is -1.77. The highest BCUT2D eigenvalue weighted by atomic mass is 28.4. The van der Waals surface area contributed by atoms with Gasteiger partial charge in [-0.15, -0.1) is 0 Å². The minimum Gasteiger partial charge on any atom is -0.544 e. The second-order valence-electron chi connectivity index (χ2n) is 6.25. The molecule has 20 heavy (non-hydrogen) atoms. The molecule has 0 bridgehead atoms. The number of benzene rings is 1. The van der Waals surface area contributed by atoms with Crippen LogP contribution in [0.5, 0.6) is 5.75 Å². The maximum absolute atomic E-state index is 8.19. The van der Waals surface area contributed by atoms with E-state index in [0.717, 1.165) is 11.3 Å². The van der Waals surface area contributed by atoms with E-state index in [1.807, 2.05) is 36.4 Å². The minimum absolute atomic E-state index is 0.195. The Kier molecular flexibility index (Phi) is 5.42. The quantitative estimate of drug-likeness (QED) is 0.310. The topological polar surface area (TPSA) is 58.0 Å². The molecular formula is C15H23N3OSi. The predicted molar refractivity (Wildman–Crippen MR) is 87.3 cm³/mol. The predicted octanol–water partition coefficient (Wildman–Crippen LogP) is 5.39. The molecule has 0 aliphatic carbocycles. The van der Waals surface area contributed by atoms with Crippen molar-refractivity contribution in [3.8, 4) is 5.75 Å². The Morgan fingerprint density at radius 2 is 1.85 bits per heavy atom. The Morgan fingerprint density at radius 3 is 2.35 bits per heavy atom. The van der Waals surface area contributed by atoms with Gasteiger partial charge in [-0.25, -0.2) is 0 Å². The fourth-order valence-corrected chi connectivity index (χ4v) is 2.40. The Hall–Kier alpha value is -1.71. The molecule has 0 spiro atoms. The van der Waals surface area contributed by atoms with Crippen LogP contribution in [-0.2, 0) is 0 Å². The van der Waals surface area contributed by atoms with Crippen molar-refractivity contribution in [2.24, 2.45) is 5.11 Å². The minimum atomic E-state index is -1.77. The van der Waals surface area contributed by atoms with Crippen LogP contribution in [0.4, 0.5) is 0 Å². The second kappa shape index (κ2) is 6.64. The largest absolute Gasteiger partial charge is 0.544 e. The monoisotopic (exact) mass is 289 g/mol. The first kappa shape index (κ1) is 16.3. The Balaban J connectivity index is 2.72. The van der Waals surface area contributed by atoms with Crippen molar-refractivity contribution >= 4 is 14.4 Å². The van der Waals surface area contributed by atoms with Crippen LogP contribution in [0.2, 0.25) is 18.1 Å². The number of hydrogen-bond donors (Lipinski definition) is 0. The van der Waals surface area contributed by atoms with E-state index in [-0.39, 0.29) is 5.04 Å². The number of azide groups is 1. The van der Waals surface area contributed by atoms with Gasteiger partial charge in [-0.2, -0.15) is 0 Å². The van der Waals surface area contributed by atoms with Crippen LogP contribution < -0.4 is 4.43 Å². The van der Waals surface area contributed by atoms with E-state index in [0.29, 0.717) is 6.54 Å². The lowest BCUT2D eigenvalue weighted by atomic mass is 10.2. The standard InChI is InChI=1S/C15H23N3OSi/c1-15(2,3)20(4,5)19-14-10-8-13(9-11-14)7-6-12-17-18-16/h6-11H,12H2,1-5H3/b7-6+. The normalized spacial score (nSPS) is 12.2. The third kappa shape index (κ3) is 4.76. The second-order valence-corrected chi connectivity index (χ2v) is 11.0. The molecule has 108 valence electrons. The number of rotatable bonds is 5. The first-order chi connectivity index (χ1) is 9.26. The van der Waals surface area contributed by atoms with Gasteiger partial charge in [-0.05, 0) is 41.4 Å². The van der Waals surface area contributed by atoms with Crippen LogP contribution in [0.25, 0.3) is 16.5 Å². The molecule has 1 aromatic rings. The molecule has 0 aliphatic heterocycles. The van der Waals surface area contributed by atoms with Gasteiger partial charge in [0.05, 0.1) is 0 Å². The molecule has 1 rings (SSSR count). The lowest BCUT2D eigenvalue weighted by Crippen LogP contribution is -2.43. The third-order valence-corrected chi connectivity index (χ3v) is 7.98. The zero-order valence-electron chi connectivity index (χ0n) is 12.9. The van der Waals surface area contributed by atoms with E-state index >= 15 is 0 Å². The van der Waals surface area contributed by atoms with Crippen LogP contribution >= 0.6 is 0 Å². The molecule has 1 aromatic carbocycles. The maximum atomic E-state index is 8.19. The molecule has 0 N–H and O–H groups in total. The molecule has 4 nitrogen and oxygen atoms in total. The van der Waals surface area contributed by atoms with Crippen LogP contribution in [0, 0.1) is 0 Å². The van der Waals surface area contributed by atoms with Crippen LogP contribution in [0.1, 0.15) is 26.3 Å². The summed E-state index contributed by atoms with van der Waals surface area (Å²) >= 11 is 0. The first-order valence-electron chi connectivity index (χ1n) is 6.73. The van der Waals surface area contributed by atoms with Gasteiger partial charge in [0, 0.05) is 11.5 Å². The zero-order valence-corrected chi connectivity index (χ0v) is 13.9. The summed E-state index contributed by atoms with van der Waals surface area (Å²) in [5, 5.41) is 3.65. The van der Waals surface area contributed by atoms with Crippen LogP contribution in [0.15, 0.2) is 35.5 Å². The molecule has 0 aliphatic rings. The molecule has 0 amide bonds. The molecule has 5 heteroatoms. The summed E-state index contributed by atoms with van der Waals surface area (Å²) in [6, 6.07) is 8.01. The third-order valence-electron chi connectivity index (χ3n) is 3.62. The fraction of sp³-hybridized carbons (Fsp3) is 0.467. The number of nitrogens with zero attached hydrogens (tertiary/aromatic N) is 3. The molecule has 0 aromatic heterocycles. The summed E-state index contributed by atoms with van der Waals surface area (Å²) in [5.74, 6) is 0.920. The van der Waals surface area contributed by atoms with Crippen molar-refractivity contribution in [1.82, 2.24) is 0 Å². The van der Waals surface area contributed by atoms with Crippen molar-refractivity contribution in [3.63, 3.8) is 0 Å².